The first-order valence-corrected chi connectivity index (χ1v) is 10.6. The molecule has 0 radical (unpaired) electrons. The second-order valence-corrected chi connectivity index (χ2v) is 6.79. The molecule has 0 saturated heterocycles. The molecule has 0 unspecified atom stereocenters. The predicted octanol–water partition coefficient (Wildman–Crippen LogP) is 4.99. The summed E-state index contributed by atoms with van der Waals surface area (Å²) in [4.78, 5) is 37.9. The van der Waals surface area contributed by atoms with E-state index in [-0.39, 0.29) is 17.0 Å². The molecular formula is C25H31N3O5. The molecule has 0 atom stereocenters. The van der Waals surface area contributed by atoms with Crippen molar-refractivity contribution in [2.45, 2.75) is 27.2 Å². The number of benzene rings is 1. The number of hydrogen-bond acceptors (Lipinski definition) is 6. The summed E-state index contributed by atoms with van der Waals surface area (Å²) in [5, 5.41) is 11.2. The first kappa shape index (κ1) is 27.1. The summed E-state index contributed by atoms with van der Waals surface area (Å²) in [6.07, 6.45) is 4.60. The fourth-order valence-corrected chi connectivity index (χ4v) is 3.05. The van der Waals surface area contributed by atoms with Gasteiger partial charge in [0.1, 0.15) is 5.56 Å². The van der Waals surface area contributed by atoms with Gasteiger partial charge in [0.25, 0.3) is 11.3 Å². The predicted molar refractivity (Wildman–Crippen MR) is 133 cm³/mol. The lowest BCUT2D eigenvalue weighted by atomic mass is 10.1. The molecule has 0 bridgehead atoms. The van der Waals surface area contributed by atoms with Gasteiger partial charge in [0.05, 0.1) is 17.7 Å². The van der Waals surface area contributed by atoms with Crippen molar-refractivity contribution in [3.8, 4) is 11.3 Å². The first-order valence-electron chi connectivity index (χ1n) is 10.6. The van der Waals surface area contributed by atoms with E-state index in [1.165, 1.54) is 36.0 Å². The molecule has 8 heteroatoms. The zero-order valence-corrected chi connectivity index (χ0v) is 20.0. The number of nitro groups is 1. The molecule has 0 spiro atoms. The summed E-state index contributed by atoms with van der Waals surface area (Å²) in [5.41, 5.74) is 1.32. The van der Waals surface area contributed by atoms with E-state index < -0.39 is 16.5 Å². The van der Waals surface area contributed by atoms with Crippen molar-refractivity contribution in [3.05, 3.63) is 92.9 Å². The van der Waals surface area contributed by atoms with Gasteiger partial charge in [0.15, 0.2) is 0 Å². The molecule has 33 heavy (non-hydrogen) atoms. The first-order chi connectivity index (χ1) is 15.7. The number of hydrogen-bond donors (Lipinski definition) is 0. The van der Waals surface area contributed by atoms with Crippen LogP contribution in [0.25, 0.3) is 17.0 Å². The van der Waals surface area contributed by atoms with Gasteiger partial charge in [-0.2, -0.15) is 0 Å². The Morgan fingerprint density at radius 2 is 1.82 bits per heavy atom. The quantitative estimate of drug-likeness (QED) is 0.242. The van der Waals surface area contributed by atoms with Crippen molar-refractivity contribution in [3.63, 3.8) is 0 Å². The number of anilines is 1. The molecule has 0 amide bonds. The summed E-state index contributed by atoms with van der Waals surface area (Å²) in [5.74, 6) is -0.778. The molecule has 0 saturated carbocycles. The number of ether oxygens (including phenoxy) is 1. The summed E-state index contributed by atoms with van der Waals surface area (Å²) in [6, 6.07) is 10.5. The van der Waals surface area contributed by atoms with Crippen molar-refractivity contribution in [1.82, 2.24) is 4.57 Å². The van der Waals surface area contributed by atoms with Crippen LogP contribution >= 0.6 is 0 Å². The molecule has 1 heterocycles. The minimum absolute atomic E-state index is 0.115. The number of carbonyl (C=O) groups is 1. The molecule has 0 aliphatic heterocycles. The molecule has 176 valence electrons. The SMILES string of the molecule is C=C(/C=C\C(=C/CC)[N+](=O)[O-])n1c(-c2ccccc2N(C)C)ccc(C(=O)OC)c1=O.CC. The Balaban J connectivity index is 0.00000265. The van der Waals surface area contributed by atoms with Crippen molar-refractivity contribution in [2.24, 2.45) is 0 Å². The maximum atomic E-state index is 13.2. The fourth-order valence-electron chi connectivity index (χ4n) is 3.05. The van der Waals surface area contributed by atoms with E-state index in [0.29, 0.717) is 12.1 Å². The third-order valence-corrected chi connectivity index (χ3v) is 4.51. The van der Waals surface area contributed by atoms with Crippen molar-refractivity contribution in [1.29, 1.82) is 0 Å². The Bertz CT molecular complexity index is 1130. The third-order valence-electron chi connectivity index (χ3n) is 4.51. The van der Waals surface area contributed by atoms with E-state index in [4.69, 9.17) is 4.74 Å². The van der Waals surface area contributed by atoms with Gasteiger partial charge in [-0.05, 0) is 36.8 Å². The van der Waals surface area contributed by atoms with Crippen LogP contribution in [0, 0.1) is 10.1 Å². The smallest absolute Gasteiger partial charge is 0.343 e. The van der Waals surface area contributed by atoms with E-state index in [1.54, 1.807) is 13.0 Å². The van der Waals surface area contributed by atoms with Crippen LogP contribution in [-0.4, -0.2) is 36.7 Å². The molecule has 1 aromatic carbocycles. The van der Waals surface area contributed by atoms with Gasteiger partial charge >= 0.3 is 5.97 Å². The van der Waals surface area contributed by atoms with E-state index in [2.05, 4.69) is 6.58 Å². The highest BCUT2D eigenvalue weighted by molar-refractivity contribution is 5.90. The summed E-state index contributed by atoms with van der Waals surface area (Å²) < 4.78 is 5.97. The number of allylic oxidation sites excluding steroid dienone is 4. The van der Waals surface area contributed by atoms with Gasteiger partial charge in [0, 0.05) is 37.1 Å². The summed E-state index contributed by atoms with van der Waals surface area (Å²) >= 11 is 0. The number of pyridine rings is 1. The van der Waals surface area contributed by atoms with Crippen molar-refractivity contribution in [2.75, 3.05) is 26.1 Å². The molecule has 1 aromatic heterocycles. The average Bonchev–Trinajstić information content (AvgIpc) is 2.81. The fraction of sp³-hybridized carbons (Fsp3) is 0.280. The van der Waals surface area contributed by atoms with Gasteiger partial charge in [-0.15, -0.1) is 0 Å². The van der Waals surface area contributed by atoms with Crippen LogP contribution in [0.5, 0.6) is 0 Å². The monoisotopic (exact) mass is 453 g/mol. The van der Waals surface area contributed by atoms with Gasteiger partial charge in [0.2, 0.25) is 0 Å². The van der Waals surface area contributed by atoms with Crippen LogP contribution in [0.2, 0.25) is 0 Å². The number of aromatic nitrogens is 1. The number of para-hydroxylation sites is 1. The molecule has 0 N–H and O–H groups in total. The molecule has 0 aliphatic rings. The van der Waals surface area contributed by atoms with Crippen LogP contribution in [0.15, 0.2) is 71.7 Å². The second-order valence-electron chi connectivity index (χ2n) is 6.79. The highest BCUT2D eigenvalue weighted by Crippen LogP contribution is 2.30. The maximum absolute atomic E-state index is 13.2. The number of esters is 1. The van der Waals surface area contributed by atoms with Crippen LogP contribution < -0.4 is 10.5 Å². The zero-order chi connectivity index (χ0) is 25.1. The normalized spacial score (nSPS) is 10.9. The van der Waals surface area contributed by atoms with E-state index in [9.17, 15) is 19.7 Å². The Kier molecular flexibility index (Phi) is 10.5. The van der Waals surface area contributed by atoms with Crippen LogP contribution in [-0.2, 0) is 4.74 Å². The standard InChI is InChI=1S/C23H25N3O5.C2H6/c1-6-9-17(26(29)30)13-12-16(2)25-21(15-14-19(22(25)27)23(28)31-5)18-10-7-8-11-20(18)24(3)4;1-2/h7-15H,2,6H2,1,3-5H3;1-2H3/b13-12-,17-9+;. The van der Waals surface area contributed by atoms with E-state index in [0.717, 1.165) is 11.3 Å². The molecule has 0 fully saturated rings. The summed E-state index contributed by atoms with van der Waals surface area (Å²) in [6.45, 7) is 9.71. The van der Waals surface area contributed by atoms with Crippen molar-refractivity contribution >= 4 is 17.4 Å². The van der Waals surface area contributed by atoms with Gasteiger partial charge < -0.3 is 9.64 Å². The Morgan fingerprint density at radius 1 is 1.18 bits per heavy atom. The Hall–Kier alpha value is -3.94. The molecule has 8 nitrogen and oxygen atoms in total. The lowest BCUT2D eigenvalue weighted by molar-refractivity contribution is -0.419. The minimum Gasteiger partial charge on any atom is -0.465 e. The largest absolute Gasteiger partial charge is 0.465 e. The lowest BCUT2D eigenvalue weighted by Crippen LogP contribution is -2.27. The number of methoxy groups -OCH3 is 1. The number of carbonyl (C=O) groups excluding carboxylic acids is 1. The van der Waals surface area contributed by atoms with Crippen LogP contribution in [0.3, 0.4) is 0 Å². The number of rotatable bonds is 8. The molecule has 2 aromatic rings. The molecular weight excluding hydrogens is 422 g/mol. The van der Waals surface area contributed by atoms with Crippen molar-refractivity contribution < 1.29 is 14.5 Å². The second kappa shape index (κ2) is 12.8. The highest BCUT2D eigenvalue weighted by atomic mass is 16.6. The minimum atomic E-state index is -0.778. The van der Waals surface area contributed by atoms with Crippen LogP contribution in [0.4, 0.5) is 5.69 Å². The van der Waals surface area contributed by atoms with E-state index in [1.807, 2.05) is 57.1 Å². The highest BCUT2D eigenvalue weighted by Gasteiger charge is 2.19. The van der Waals surface area contributed by atoms with Gasteiger partial charge in [-0.25, -0.2) is 4.79 Å². The Labute approximate surface area is 194 Å². The van der Waals surface area contributed by atoms with E-state index >= 15 is 0 Å². The van der Waals surface area contributed by atoms with Gasteiger partial charge in [-0.3, -0.25) is 19.5 Å². The third kappa shape index (κ3) is 6.52. The summed E-state index contributed by atoms with van der Waals surface area (Å²) in [7, 11) is 4.93. The van der Waals surface area contributed by atoms with Gasteiger partial charge in [-0.1, -0.05) is 45.5 Å². The lowest BCUT2D eigenvalue weighted by Gasteiger charge is -2.21. The maximum Gasteiger partial charge on any atom is 0.343 e. The topological polar surface area (TPSA) is 94.7 Å². The molecule has 2 rings (SSSR count). The van der Waals surface area contributed by atoms with Crippen LogP contribution in [0.1, 0.15) is 37.6 Å². The average molecular weight is 454 g/mol. The zero-order valence-electron chi connectivity index (χ0n) is 20.0. The molecule has 0 aliphatic carbocycles. The Morgan fingerprint density at radius 3 is 2.36 bits per heavy atom. The number of nitrogens with zero attached hydrogens (tertiary/aromatic N) is 3.